The van der Waals surface area contributed by atoms with Crippen LogP contribution in [0.2, 0.25) is 0 Å². The van der Waals surface area contributed by atoms with Crippen LogP contribution in [0.3, 0.4) is 0 Å². The largest absolute Gasteiger partial charge is 0.395 e. The highest BCUT2D eigenvalue weighted by atomic mass is 16.3. The molecule has 1 atom stereocenters. The molecule has 3 N–H and O–H groups in total. The van der Waals surface area contributed by atoms with Gasteiger partial charge >= 0.3 is 0 Å². The van der Waals surface area contributed by atoms with Crippen molar-refractivity contribution in [1.82, 2.24) is 15.6 Å². The average molecular weight is 285 g/mol. The summed E-state index contributed by atoms with van der Waals surface area (Å²) in [6, 6.07) is 9.58. The molecular weight excluding hydrogens is 266 g/mol. The van der Waals surface area contributed by atoms with E-state index in [1.165, 1.54) is 0 Å². The van der Waals surface area contributed by atoms with E-state index in [-0.39, 0.29) is 19.1 Å². The van der Waals surface area contributed by atoms with Crippen molar-refractivity contribution in [1.29, 1.82) is 0 Å². The fraction of sp³-hybridized carbons (Fsp3) is 0.375. The Morgan fingerprint density at radius 1 is 1.43 bits per heavy atom. The van der Waals surface area contributed by atoms with Gasteiger partial charge in [0.25, 0.3) is 5.91 Å². The molecule has 21 heavy (non-hydrogen) atoms. The minimum Gasteiger partial charge on any atom is -0.395 e. The Balaban J connectivity index is 2.04. The van der Waals surface area contributed by atoms with E-state index in [2.05, 4.69) is 10.6 Å². The highest BCUT2D eigenvalue weighted by Crippen LogP contribution is 2.26. The van der Waals surface area contributed by atoms with Crippen molar-refractivity contribution in [2.75, 3.05) is 26.2 Å². The molecule has 1 aromatic heterocycles. The molecule has 0 spiro atoms. The van der Waals surface area contributed by atoms with E-state index >= 15 is 0 Å². The summed E-state index contributed by atoms with van der Waals surface area (Å²) >= 11 is 0. The summed E-state index contributed by atoms with van der Waals surface area (Å²) < 4.78 is 0. The first-order valence-corrected chi connectivity index (χ1v) is 7.29. The number of nitrogens with one attached hydrogen (secondary N) is 2. The zero-order chi connectivity index (χ0) is 14.7. The van der Waals surface area contributed by atoms with Crippen LogP contribution in [0.1, 0.15) is 28.4 Å². The van der Waals surface area contributed by atoms with Crippen LogP contribution in [0.15, 0.2) is 30.3 Å². The van der Waals surface area contributed by atoms with Crippen molar-refractivity contribution < 1.29 is 9.90 Å². The van der Waals surface area contributed by atoms with Gasteiger partial charge in [-0.1, -0.05) is 18.2 Å². The Kier molecular flexibility index (Phi) is 4.13. The molecule has 1 aliphatic heterocycles. The second-order valence-corrected chi connectivity index (χ2v) is 5.28. The lowest BCUT2D eigenvalue weighted by atomic mass is 9.99. The first kappa shape index (κ1) is 14.0. The zero-order valence-electron chi connectivity index (χ0n) is 11.8. The molecule has 1 aromatic carbocycles. The molecule has 2 heterocycles. The Morgan fingerprint density at radius 2 is 2.29 bits per heavy atom. The number of aliphatic hydroxyl groups is 1. The minimum atomic E-state index is -0.158. The van der Waals surface area contributed by atoms with Crippen LogP contribution in [-0.4, -0.2) is 42.2 Å². The molecule has 5 nitrogen and oxygen atoms in total. The van der Waals surface area contributed by atoms with Crippen LogP contribution in [-0.2, 0) is 0 Å². The van der Waals surface area contributed by atoms with Gasteiger partial charge in [0, 0.05) is 30.1 Å². The topological polar surface area (TPSA) is 74.2 Å². The highest BCUT2D eigenvalue weighted by Gasteiger charge is 2.21. The summed E-state index contributed by atoms with van der Waals surface area (Å²) in [4.78, 5) is 17.0. The molecular formula is C16H19N3O2. The van der Waals surface area contributed by atoms with Gasteiger partial charge < -0.3 is 15.7 Å². The number of benzene rings is 1. The Morgan fingerprint density at radius 3 is 3.05 bits per heavy atom. The Hall–Kier alpha value is -1.98. The molecule has 0 bridgehead atoms. The maximum atomic E-state index is 12.3. The zero-order valence-corrected chi connectivity index (χ0v) is 11.8. The van der Waals surface area contributed by atoms with Crippen molar-refractivity contribution in [3.8, 4) is 0 Å². The van der Waals surface area contributed by atoms with Crippen LogP contribution in [0.4, 0.5) is 0 Å². The molecule has 1 unspecified atom stereocenters. The maximum Gasteiger partial charge on any atom is 0.252 e. The lowest BCUT2D eigenvalue weighted by molar-refractivity contribution is 0.0946. The number of pyridine rings is 1. The molecule has 3 rings (SSSR count). The van der Waals surface area contributed by atoms with E-state index in [0.717, 1.165) is 36.1 Å². The van der Waals surface area contributed by atoms with Crippen molar-refractivity contribution in [2.45, 2.75) is 12.3 Å². The third kappa shape index (κ3) is 2.89. The smallest absolute Gasteiger partial charge is 0.252 e. The van der Waals surface area contributed by atoms with Crippen LogP contribution >= 0.6 is 0 Å². The first-order chi connectivity index (χ1) is 10.3. The molecule has 1 aliphatic rings. The van der Waals surface area contributed by atoms with Gasteiger partial charge in [-0.25, -0.2) is 0 Å². The van der Waals surface area contributed by atoms with E-state index < -0.39 is 0 Å². The minimum absolute atomic E-state index is 0.0614. The average Bonchev–Trinajstić information content (AvgIpc) is 3.06. The summed E-state index contributed by atoms with van der Waals surface area (Å²) in [5.41, 5.74) is 2.44. The van der Waals surface area contributed by atoms with E-state index in [0.29, 0.717) is 11.5 Å². The van der Waals surface area contributed by atoms with E-state index in [1.54, 1.807) is 0 Å². The van der Waals surface area contributed by atoms with Crippen LogP contribution in [0.25, 0.3) is 10.9 Å². The maximum absolute atomic E-state index is 12.3. The predicted molar refractivity (Wildman–Crippen MR) is 81.4 cm³/mol. The molecule has 110 valence electrons. The van der Waals surface area contributed by atoms with E-state index in [4.69, 9.17) is 10.1 Å². The number of rotatable bonds is 4. The van der Waals surface area contributed by atoms with Crippen molar-refractivity contribution >= 4 is 16.8 Å². The summed E-state index contributed by atoms with van der Waals surface area (Å²) in [7, 11) is 0. The van der Waals surface area contributed by atoms with Crippen LogP contribution < -0.4 is 10.6 Å². The number of aliphatic hydroxyl groups excluding tert-OH is 1. The van der Waals surface area contributed by atoms with Gasteiger partial charge in [0.15, 0.2) is 0 Å². The third-order valence-corrected chi connectivity index (χ3v) is 3.86. The van der Waals surface area contributed by atoms with Gasteiger partial charge in [0.1, 0.15) is 0 Å². The SMILES string of the molecule is O=C(NCCO)c1cc(C2CCNC2)nc2ccccc12. The van der Waals surface area contributed by atoms with Gasteiger partial charge in [0.05, 0.1) is 17.7 Å². The van der Waals surface area contributed by atoms with Crippen molar-refractivity contribution in [3.05, 3.63) is 41.6 Å². The third-order valence-electron chi connectivity index (χ3n) is 3.86. The second kappa shape index (κ2) is 6.20. The molecule has 2 aromatic rings. The lowest BCUT2D eigenvalue weighted by Gasteiger charge is -2.13. The quantitative estimate of drug-likeness (QED) is 0.784. The van der Waals surface area contributed by atoms with Crippen molar-refractivity contribution in [3.63, 3.8) is 0 Å². The summed E-state index contributed by atoms with van der Waals surface area (Å²) in [6.07, 6.45) is 1.04. The Bertz CT molecular complexity index is 651. The number of hydrogen-bond acceptors (Lipinski definition) is 4. The highest BCUT2D eigenvalue weighted by molar-refractivity contribution is 6.06. The monoisotopic (exact) mass is 285 g/mol. The molecule has 1 amide bonds. The summed E-state index contributed by atoms with van der Waals surface area (Å²) in [6.45, 7) is 2.10. The van der Waals surface area contributed by atoms with Gasteiger partial charge in [-0.2, -0.15) is 0 Å². The molecule has 1 saturated heterocycles. The number of fused-ring (bicyclic) bond motifs is 1. The molecule has 5 heteroatoms. The first-order valence-electron chi connectivity index (χ1n) is 7.29. The molecule has 0 aliphatic carbocycles. The number of carbonyl (C=O) groups is 1. The standard InChI is InChI=1S/C16H19N3O2/c20-8-7-18-16(21)13-9-15(11-5-6-17-10-11)19-14-4-2-1-3-12(13)14/h1-4,9,11,17,20H,5-8,10H2,(H,18,21). The number of nitrogens with zero attached hydrogens (tertiary/aromatic N) is 1. The summed E-state index contributed by atoms with van der Waals surface area (Å²) in [5, 5.41) is 15.8. The van der Waals surface area contributed by atoms with Crippen molar-refractivity contribution in [2.24, 2.45) is 0 Å². The fourth-order valence-electron chi connectivity index (χ4n) is 2.76. The lowest BCUT2D eigenvalue weighted by Crippen LogP contribution is -2.27. The number of amides is 1. The van der Waals surface area contributed by atoms with Gasteiger partial charge in [-0.15, -0.1) is 0 Å². The summed E-state index contributed by atoms with van der Waals surface area (Å²) in [5.74, 6) is 0.203. The number of hydrogen-bond donors (Lipinski definition) is 3. The predicted octanol–water partition coefficient (Wildman–Crippen LogP) is 1.03. The van der Waals surface area contributed by atoms with Crippen LogP contribution in [0.5, 0.6) is 0 Å². The second-order valence-electron chi connectivity index (χ2n) is 5.28. The molecule has 0 saturated carbocycles. The number of para-hydroxylation sites is 1. The van der Waals surface area contributed by atoms with Crippen LogP contribution in [0, 0.1) is 0 Å². The fourth-order valence-corrected chi connectivity index (χ4v) is 2.76. The Labute approximate surface area is 123 Å². The normalized spacial score (nSPS) is 18.0. The van der Waals surface area contributed by atoms with E-state index in [1.807, 2.05) is 30.3 Å². The van der Waals surface area contributed by atoms with Gasteiger partial charge in [-0.3, -0.25) is 9.78 Å². The van der Waals surface area contributed by atoms with Gasteiger partial charge in [-0.05, 0) is 25.1 Å². The number of carbonyl (C=O) groups excluding carboxylic acids is 1. The van der Waals surface area contributed by atoms with E-state index in [9.17, 15) is 4.79 Å². The number of aromatic nitrogens is 1. The molecule has 1 fully saturated rings. The molecule has 0 radical (unpaired) electrons. The van der Waals surface area contributed by atoms with Gasteiger partial charge in [0.2, 0.25) is 0 Å².